The number of nitrogens with zero attached hydrogens (tertiary/aromatic N) is 1. The number of carbonyl (C=O) groups is 1. The summed E-state index contributed by atoms with van der Waals surface area (Å²) in [7, 11) is 3.04. The largest absolute Gasteiger partial charge is 0.496 e. The standard InChI is InChI=1S/C19H17NO4/c1-22-17-6-4-3-5-15(17)16(21)9-7-14-8-10-18(24-12-11-20)19(13-14)23-2/h3-10,13H,12H2,1-2H3. The van der Waals surface area contributed by atoms with Crippen LogP contribution in [0.15, 0.2) is 48.5 Å². The first-order valence-corrected chi connectivity index (χ1v) is 7.22. The van der Waals surface area contributed by atoms with Gasteiger partial charge in [-0.2, -0.15) is 5.26 Å². The molecule has 2 aromatic rings. The Hall–Kier alpha value is -3.26. The van der Waals surface area contributed by atoms with Crippen LogP contribution in [0.1, 0.15) is 15.9 Å². The van der Waals surface area contributed by atoms with Crippen molar-refractivity contribution in [2.75, 3.05) is 20.8 Å². The molecule has 0 bridgehead atoms. The Morgan fingerprint density at radius 1 is 1.08 bits per heavy atom. The summed E-state index contributed by atoms with van der Waals surface area (Å²) in [5.41, 5.74) is 1.27. The number of para-hydroxylation sites is 1. The fourth-order valence-electron chi connectivity index (χ4n) is 2.13. The maximum Gasteiger partial charge on any atom is 0.189 e. The van der Waals surface area contributed by atoms with E-state index < -0.39 is 0 Å². The van der Waals surface area contributed by atoms with Crippen LogP contribution in [0, 0.1) is 11.3 Å². The smallest absolute Gasteiger partial charge is 0.189 e. The molecule has 122 valence electrons. The third kappa shape index (κ3) is 4.14. The van der Waals surface area contributed by atoms with Crippen molar-refractivity contribution < 1.29 is 19.0 Å². The van der Waals surface area contributed by atoms with E-state index in [2.05, 4.69) is 0 Å². The summed E-state index contributed by atoms with van der Waals surface area (Å²) < 4.78 is 15.7. The molecule has 0 aliphatic rings. The normalized spacial score (nSPS) is 10.2. The first-order chi connectivity index (χ1) is 11.7. The van der Waals surface area contributed by atoms with E-state index >= 15 is 0 Å². The Bertz CT molecular complexity index is 790. The van der Waals surface area contributed by atoms with Crippen molar-refractivity contribution in [1.82, 2.24) is 0 Å². The lowest BCUT2D eigenvalue weighted by Gasteiger charge is -2.09. The molecule has 24 heavy (non-hydrogen) atoms. The van der Waals surface area contributed by atoms with Crippen LogP contribution in [-0.4, -0.2) is 26.6 Å². The van der Waals surface area contributed by atoms with Gasteiger partial charge in [0.05, 0.1) is 19.8 Å². The predicted molar refractivity (Wildman–Crippen MR) is 90.5 cm³/mol. The van der Waals surface area contributed by atoms with E-state index in [0.29, 0.717) is 22.8 Å². The number of carbonyl (C=O) groups excluding carboxylic acids is 1. The quantitative estimate of drug-likeness (QED) is 0.576. The van der Waals surface area contributed by atoms with E-state index in [-0.39, 0.29) is 12.4 Å². The number of hydrogen-bond donors (Lipinski definition) is 0. The third-order valence-corrected chi connectivity index (χ3v) is 3.28. The van der Waals surface area contributed by atoms with Gasteiger partial charge >= 0.3 is 0 Å². The zero-order valence-corrected chi connectivity index (χ0v) is 13.5. The molecule has 0 aliphatic carbocycles. The second-order valence-electron chi connectivity index (χ2n) is 4.75. The fourth-order valence-corrected chi connectivity index (χ4v) is 2.13. The Morgan fingerprint density at radius 3 is 2.54 bits per heavy atom. The minimum Gasteiger partial charge on any atom is -0.496 e. The van der Waals surface area contributed by atoms with Gasteiger partial charge in [-0.05, 0) is 35.9 Å². The summed E-state index contributed by atoms with van der Waals surface area (Å²) in [6, 6.07) is 14.2. The zero-order chi connectivity index (χ0) is 17.4. The molecule has 2 rings (SSSR count). The van der Waals surface area contributed by atoms with Gasteiger partial charge in [0.25, 0.3) is 0 Å². The van der Waals surface area contributed by atoms with Crippen LogP contribution in [0.2, 0.25) is 0 Å². The van der Waals surface area contributed by atoms with Crippen LogP contribution >= 0.6 is 0 Å². The van der Waals surface area contributed by atoms with E-state index in [1.165, 1.54) is 20.3 Å². The van der Waals surface area contributed by atoms with Crippen LogP contribution in [0.3, 0.4) is 0 Å². The monoisotopic (exact) mass is 323 g/mol. The number of benzene rings is 2. The van der Waals surface area contributed by atoms with Crippen molar-refractivity contribution in [3.8, 4) is 23.3 Å². The zero-order valence-electron chi connectivity index (χ0n) is 13.5. The van der Waals surface area contributed by atoms with Gasteiger partial charge in [-0.15, -0.1) is 0 Å². The Labute approximate surface area is 140 Å². The van der Waals surface area contributed by atoms with Gasteiger partial charge in [0.2, 0.25) is 0 Å². The minimum absolute atomic E-state index is 0.0577. The number of ether oxygens (including phenoxy) is 3. The summed E-state index contributed by atoms with van der Waals surface area (Å²) in [6.07, 6.45) is 3.16. The molecule has 0 saturated heterocycles. The van der Waals surface area contributed by atoms with Gasteiger partial charge in [-0.1, -0.05) is 24.3 Å². The lowest BCUT2D eigenvalue weighted by molar-refractivity contribution is 0.104. The Morgan fingerprint density at radius 2 is 1.83 bits per heavy atom. The maximum absolute atomic E-state index is 12.3. The van der Waals surface area contributed by atoms with E-state index in [9.17, 15) is 4.79 Å². The molecule has 0 aromatic heterocycles. The summed E-state index contributed by atoms with van der Waals surface area (Å²) >= 11 is 0. The Balaban J connectivity index is 2.19. The number of nitriles is 1. The maximum atomic E-state index is 12.3. The highest BCUT2D eigenvalue weighted by Crippen LogP contribution is 2.28. The summed E-state index contributed by atoms with van der Waals surface area (Å²) in [4.78, 5) is 12.3. The van der Waals surface area contributed by atoms with Gasteiger partial charge in [0.15, 0.2) is 23.9 Å². The van der Waals surface area contributed by atoms with Crippen molar-refractivity contribution >= 4 is 11.9 Å². The van der Waals surface area contributed by atoms with Crippen molar-refractivity contribution in [3.05, 3.63) is 59.7 Å². The topological polar surface area (TPSA) is 68.6 Å². The van der Waals surface area contributed by atoms with Crippen LogP contribution in [0.5, 0.6) is 17.2 Å². The first kappa shape index (κ1) is 17.1. The van der Waals surface area contributed by atoms with Crippen molar-refractivity contribution in [3.63, 3.8) is 0 Å². The van der Waals surface area contributed by atoms with Crippen molar-refractivity contribution in [2.24, 2.45) is 0 Å². The van der Waals surface area contributed by atoms with Gasteiger partial charge < -0.3 is 14.2 Å². The average molecular weight is 323 g/mol. The van der Waals surface area contributed by atoms with Crippen LogP contribution in [0.4, 0.5) is 0 Å². The van der Waals surface area contributed by atoms with E-state index in [0.717, 1.165) is 5.56 Å². The third-order valence-electron chi connectivity index (χ3n) is 3.28. The van der Waals surface area contributed by atoms with Crippen molar-refractivity contribution in [2.45, 2.75) is 0 Å². The predicted octanol–water partition coefficient (Wildman–Crippen LogP) is 3.50. The van der Waals surface area contributed by atoms with Gasteiger partial charge in [0, 0.05) is 0 Å². The molecular formula is C19H17NO4. The Kier molecular flexibility index (Phi) is 5.98. The lowest BCUT2D eigenvalue weighted by Crippen LogP contribution is -1.98. The molecule has 0 N–H and O–H groups in total. The van der Waals surface area contributed by atoms with Crippen LogP contribution in [-0.2, 0) is 0 Å². The average Bonchev–Trinajstić information content (AvgIpc) is 2.64. The molecule has 5 nitrogen and oxygen atoms in total. The number of methoxy groups -OCH3 is 2. The van der Waals surface area contributed by atoms with Gasteiger partial charge in [-0.3, -0.25) is 4.79 Å². The van der Waals surface area contributed by atoms with E-state index in [1.54, 1.807) is 42.5 Å². The molecule has 5 heteroatoms. The number of allylic oxidation sites excluding steroid dienone is 1. The fraction of sp³-hybridized carbons (Fsp3) is 0.158. The molecule has 0 atom stereocenters. The molecular weight excluding hydrogens is 306 g/mol. The number of hydrogen-bond acceptors (Lipinski definition) is 5. The molecule has 0 aliphatic heterocycles. The SMILES string of the molecule is COc1cc(C=CC(=O)c2ccccc2OC)ccc1OCC#N. The van der Waals surface area contributed by atoms with Gasteiger partial charge in [0.1, 0.15) is 11.8 Å². The molecule has 2 aromatic carbocycles. The van der Waals surface area contributed by atoms with Gasteiger partial charge in [-0.25, -0.2) is 0 Å². The van der Waals surface area contributed by atoms with Crippen LogP contribution < -0.4 is 14.2 Å². The second-order valence-corrected chi connectivity index (χ2v) is 4.75. The summed E-state index contributed by atoms with van der Waals surface area (Å²) in [5.74, 6) is 1.35. The highest BCUT2D eigenvalue weighted by Gasteiger charge is 2.09. The van der Waals surface area contributed by atoms with Crippen molar-refractivity contribution in [1.29, 1.82) is 5.26 Å². The number of rotatable bonds is 7. The van der Waals surface area contributed by atoms with E-state index in [4.69, 9.17) is 19.5 Å². The summed E-state index contributed by atoms with van der Waals surface area (Å²) in [5, 5.41) is 8.57. The summed E-state index contributed by atoms with van der Waals surface area (Å²) in [6.45, 7) is -0.0577. The molecule has 0 saturated carbocycles. The number of ketones is 1. The molecule has 0 spiro atoms. The van der Waals surface area contributed by atoms with E-state index in [1.807, 2.05) is 12.1 Å². The molecule has 0 fully saturated rings. The second kappa shape index (κ2) is 8.39. The first-order valence-electron chi connectivity index (χ1n) is 7.22. The minimum atomic E-state index is -0.156. The van der Waals surface area contributed by atoms with Crippen LogP contribution in [0.25, 0.3) is 6.08 Å². The molecule has 0 amide bonds. The highest BCUT2D eigenvalue weighted by molar-refractivity contribution is 6.08. The molecule has 0 unspecified atom stereocenters. The highest BCUT2D eigenvalue weighted by atomic mass is 16.5. The molecule has 0 heterocycles. The molecule has 0 radical (unpaired) electrons. The lowest BCUT2D eigenvalue weighted by atomic mass is 10.1.